The monoisotopic (exact) mass is 661 g/mol. The van der Waals surface area contributed by atoms with Gasteiger partial charge in [0.2, 0.25) is 11.8 Å². The Bertz CT molecular complexity index is 1730. The van der Waals surface area contributed by atoms with Crippen molar-refractivity contribution in [1.29, 1.82) is 0 Å². The molecule has 10 heteroatoms. The molecule has 0 saturated heterocycles. The lowest BCUT2D eigenvalue weighted by Crippen LogP contribution is -2.53. The van der Waals surface area contributed by atoms with Crippen LogP contribution in [0, 0.1) is 12.8 Å². The molecule has 1 N–H and O–H groups in total. The van der Waals surface area contributed by atoms with E-state index in [1.807, 2.05) is 69.3 Å². The molecule has 0 aliphatic carbocycles. The summed E-state index contributed by atoms with van der Waals surface area (Å²) < 4.78 is 34.8. The molecule has 0 fully saturated rings. The van der Waals surface area contributed by atoms with Crippen LogP contribution in [0.4, 0.5) is 5.69 Å². The quantitative estimate of drug-likeness (QED) is 0.172. The maximum atomic E-state index is 14.6. The number of hydrogen-bond donors (Lipinski definition) is 1. The first-order valence-electron chi connectivity index (χ1n) is 15.1. The minimum absolute atomic E-state index is 0.0129. The van der Waals surface area contributed by atoms with E-state index < -0.39 is 28.5 Å². The number of benzene rings is 4. The third kappa shape index (κ3) is 9.11. The van der Waals surface area contributed by atoms with Gasteiger partial charge in [-0.3, -0.25) is 13.9 Å². The highest BCUT2D eigenvalue weighted by atomic mass is 35.5. The maximum Gasteiger partial charge on any atom is 0.264 e. The van der Waals surface area contributed by atoms with Gasteiger partial charge in [0, 0.05) is 24.5 Å². The van der Waals surface area contributed by atoms with Gasteiger partial charge in [-0.25, -0.2) is 8.42 Å². The first-order valence-corrected chi connectivity index (χ1v) is 16.9. The summed E-state index contributed by atoms with van der Waals surface area (Å²) in [7, 11) is -2.66. The molecule has 0 saturated carbocycles. The fraction of sp³-hybridized carbons (Fsp3) is 0.278. The summed E-state index contributed by atoms with van der Waals surface area (Å²) in [5.74, 6) is -0.0791. The van der Waals surface area contributed by atoms with Gasteiger partial charge in [0.25, 0.3) is 10.0 Å². The van der Waals surface area contributed by atoms with Crippen LogP contribution in [0.25, 0.3) is 0 Å². The Labute approximate surface area is 277 Å². The summed E-state index contributed by atoms with van der Waals surface area (Å²) in [4.78, 5) is 29.9. The standard InChI is InChI=1S/C36H40ClN3O5S/c1-26(2)23-38-36(42)34(22-28-11-6-5-7-12-28)39(24-29-13-9-15-32(21-29)45-4)35(41)25-40(31-14-8-10-27(3)20-31)46(43,44)33-18-16-30(37)17-19-33/h5-21,26,34H,22-25H2,1-4H3,(H,38,42)/t34-/m0/s1. The molecule has 0 aliphatic heterocycles. The number of halogens is 1. The van der Waals surface area contributed by atoms with Gasteiger partial charge in [0.15, 0.2) is 0 Å². The highest BCUT2D eigenvalue weighted by Crippen LogP contribution is 2.27. The molecule has 8 nitrogen and oxygen atoms in total. The van der Waals surface area contributed by atoms with Gasteiger partial charge in [-0.2, -0.15) is 0 Å². The van der Waals surface area contributed by atoms with Gasteiger partial charge in [-0.05, 0) is 78.1 Å². The molecule has 242 valence electrons. The number of carbonyl (C=O) groups is 2. The number of aryl methyl sites for hydroxylation is 1. The molecular formula is C36H40ClN3O5S. The van der Waals surface area contributed by atoms with Crippen LogP contribution in [0.5, 0.6) is 5.75 Å². The van der Waals surface area contributed by atoms with E-state index in [2.05, 4.69) is 5.32 Å². The number of carbonyl (C=O) groups excluding carboxylic acids is 2. The van der Waals surface area contributed by atoms with Gasteiger partial charge in [0.1, 0.15) is 18.3 Å². The second-order valence-electron chi connectivity index (χ2n) is 11.5. The van der Waals surface area contributed by atoms with Gasteiger partial charge in [-0.15, -0.1) is 0 Å². The first kappa shape index (κ1) is 34.5. The molecule has 0 aliphatic rings. The second kappa shape index (κ2) is 15.8. The third-order valence-electron chi connectivity index (χ3n) is 7.41. The van der Waals surface area contributed by atoms with E-state index in [1.165, 1.54) is 29.2 Å². The summed E-state index contributed by atoms with van der Waals surface area (Å²) in [5.41, 5.74) is 2.74. The molecule has 0 aromatic heterocycles. The van der Waals surface area contributed by atoms with Crippen LogP contribution in [0.2, 0.25) is 5.02 Å². The van der Waals surface area contributed by atoms with Crippen molar-refractivity contribution in [2.24, 2.45) is 5.92 Å². The Kier molecular flexibility index (Phi) is 11.8. The van der Waals surface area contributed by atoms with E-state index >= 15 is 0 Å². The number of rotatable bonds is 14. The normalized spacial score (nSPS) is 12.0. The van der Waals surface area contributed by atoms with Gasteiger partial charge >= 0.3 is 0 Å². The van der Waals surface area contributed by atoms with Crippen LogP contribution in [0.15, 0.2) is 108 Å². The van der Waals surface area contributed by atoms with Crippen LogP contribution in [0.3, 0.4) is 0 Å². The van der Waals surface area contributed by atoms with Crippen LogP contribution < -0.4 is 14.4 Å². The number of nitrogens with one attached hydrogen (secondary N) is 1. The van der Waals surface area contributed by atoms with Gasteiger partial charge in [-0.1, -0.05) is 80.0 Å². The number of anilines is 1. The topological polar surface area (TPSA) is 96.0 Å². The lowest BCUT2D eigenvalue weighted by molar-refractivity contribution is -0.140. The number of ether oxygens (including phenoxy) is 1. The van der Waals surface area contributed by atoms with Crippen molar-refractivity contribution in [2.75, 3.05) is 24.5 Å². The van der Waals surface area contributed by atoms with Gasteiger partial charge in [0.05, 0.1) is 17.7 Å². The minimum Gasteiger partial charge on any atom is -0.497 e. The predicted molar refractivity (Wildman–Crippen MR) is 182 cm³/mol. The summed E-state index contributed by atoms with van der Waals surface area (Å²) in [6.45, 7) is 5.76. The zero-order chi connectivity index (χ0) is 33.3. The summed E-state index contributed by atoms with van der Waals surface area (Å²) in [5, 5.41) is 3.38. The minimum atomic E-state index is -4.22. The average molecular weight is 662 g/mol. The van der Waals surface area contributed by atoms with Crippen molar-refractivity contribution < 1.29 is 22.7 Å². The Hall–Kier alpha value is -4.34. The zero-order valence-electron chi connectivity index (χ0n) is 26.5. The maximum absolute atomic E-state index is 14.6. The number of hydrogen-bond acceptors (Lipinski definition) is 5. The Morgan fingerprint density at radius 2 is 1.54 bits per heavy atom. The first-order chi connectivity index (χ1) is 22.0. The molecule has 0 spiro atoms. The van der Waals surface area contributed by atoms with Crippen molar-refractivity contribution in [3.63, 3.8) is 0 Å². The smallest absolute Gasteiger partial charge is 0.264 e. The Morgan fingerprint density at radius 3 is 2.20 bits per heavy atom. The molecule has 4 aromatic rings. The molecule has 2 amide bonds. The lowest BCUT2D eigenvalue weighted by Gasteiger charge is -2.34. The molecule has 0 heterocycles. The average Bonchev–Trinajstić information content (AvgIpc) is 3.04. The van der Waals surface area contributed by atoms with Crippen LogP contribution >= 0.6 is 11.6 Å². The molecular weight excluding hydrogens is 622 g/mol. The van der Waals surface area contributed by atoms with Crippen LogP contribution in [-0.4, -0.2) is 51.4 Å². The largest absolute Gasteiger partial charge is 0.497 e. The SMILES string of the molecule is COc1cccc(CN(C(=O)CN(c2cccc(C)c2)S(=O)(=O)c2ccc(Cl)cc2)[C@@H](Cc2ccccc2)C(=O)NCC(C)C)c1. The molecule has 46 heavy (non-hydrogen) atoms. The van der Waals surface area contributed by atoms with E-state index in [0.717, 1.165) is 21.0 Å². The number of nitrogens with zero attached hydrogens (tertiary/aromatic N) is 2. The number of amides is 2. The molecule has 1 atom stereocenters. The zero-order valence-corrected chi connectivity index (χ0v) is 28.1. The van der Waals surface area contributed by atoms with Crippen molar-refractivity contribution >= 4 is 39.1 Å². The molecule has 0 radical (unpaired) electrons. The van der Waals surface area contributed by atoms with Crippen molar-refractivity contribution in [3.8, 4) is 5.75 Å². The molecule has 0 bridgehead atoms. The highest BCUT2D eigenvalue weighted by molar-refractivity contribution is 7.92. The predicted octanol–water partition coefficient (Wildman–Crippen LogP) is 6.26. The van der Waals surface area contributed by atoms with Crippen molar-refractivity contribution in [3.05, 3.63) is 125 Å². The summed E-state index contributed by atoms with van der Waals surface area (Å²) in [6, 6.07) is 28.5. The lowest BCUT2D eigenvalue weighted by atomic mass is 10.0. The Morgan fingerprint density at radius 1 is 0.870 bits per heavy atom. The summed E-state index contributed by atoms with van der Waals surface area (Å²) >= 11 is 6.06. The van der Waals surface area contributed by atoms with Crippen molar-refractivity contribution in [1.82, 2.24) is 10.2 Å². The van der Waals surface area contributed by atoms with E-state index in [0.29, 0.717) is 23.0 Å². The molecule has 4 aromatic carbocycles. The number of sulfonamides is 1. The molecule has 4 rings (SSSR count). The molecule has 0 unspecified atom stereocenters. The second-order valence-corrected chi connectivity index (χ2v) is 13.8. The summed E-state index contributed by atoms with van der Waals surface area (Å²) in [6.07, 6.45) is 0.231. The fourth-order valence-electron chi connectivity index (χ4n) is 4.99. The van der Waals surface area contributed by atoms with E-state index in [4.69, 9.17) is 16.3 Å². The van der Waals surface area contributed by atoms with Crippen LogP contribution in [-0.2, 0) is 32.6 Å². The van der Waals surface area contributed by atoms with Crippen molar-refractivity contribution in [2.45, 2.75) is 44.7 Å². The van der Waals surface area contributed by atoms with E-state index in [9.17, 15) is 18.0 Å². The third-order valence-corrected chi connectivity index (χ3v) is 9.45. The van der Waals surface area contributed by atoms with Crippen LogP contribution in [0.1, 0.15) is 30.5 Å². The highest BCUT2D eigenvalue weighted by Gasteiger charge is 2.34. The fourth-order valence-corrected chi connectivity index (χ4v) is 6.52. The van der Waals surface area contributed by atoms with E-state index in [1.54, 1.807) is 37.4 Å². The van der Waals surface area contributed by atoms with E-state index in [-0.39, 0.29) is 29.7 Å². The van der Waals surface area contributed by atoms with Gasteiger partial charge < -0.3 is 15.0 Å². The Balaban J connectivity index is 1.81. The number of methoxy groups -OCH3 is 1.